The summed E-state index contributed by atoms with van der Waals surface area (Å²) in [5.41, 5.74) is 0.707. The van der Waals surface area contributed by atoms with Gasteiger partial charge < -0.3 is 20.5 Å². The maximum absolute atomic E-state index is 12.2. The molecule has 1 unspecified atom stereocenters. The molecule has 0 spiro atoms. The minimum atomic E-state index is -2.50. The molecule has 0 saturated heterocycles. The molecule has 0 aliphatic heterocycles. The van der Waals surface area contributed by atoms with E-state index in [4.69, 9.17) is 4.74 Å². The van der Waals surface area contributed by atoms with Crippen molar-refractivity contribution in [3.05, 3.63) is 29.8 Å². The number of aliphatic imine (C=N–C) groups is 1. The minimum Gasteiger partial charge on any atom is -0.491 e. The Morgan fingerprint density at radius 2 is 1.87 bits per heavy atom. The smallest absolute Gasteiger partial charge is 0.257 e. The van der Waals surface area contributed by atoms with Gasteiger partial charge in [0.1, 0.15) is 12.3 Å². The van der Waals surface area contributed by atoms with E-state index in [1.54, 1.807) is 24.3 Å². The Labute approximate surface area is 135 Å². The van der Waals surface area contributed by atoms with E-state index in [-0.39, 0.29) is 18.6 Å². The largest absolute Gasteiger partial charge is 0.491 e. The predicted molar refractivity (Wildman–Crippen MR) is 87.2 cm³/mol. The molecule has 0 fully saturated rings. The molecular weight excluding hydrogens is 304 g/mol. The SMILES string of the molecule is CCNC(=NCC(F)F)NCC(O)c1ccc(OC(C)C)cc1. The summed E-state index contributed by atoms with van der Waals surface area (Å²) in [5, 5.41) is 15.8. The van der Waals surface area contributed by atoms with Crippen LogP contribution >= 0.6 is 0 Å². The molecule has 7 heteroatoms. The van der Waals surface area contributed by atoms with Gasteiger partial charge in [-0.25, -0.2) is 13.8 Å². The highest BCUT2D eigenvalue weighted by molar-refractivity contribution is 5.79. The first kappa shape index (κ1) is 19.2. The number of benzene rings is 1. The molecule has 1 aromatic carbocycles. The quantitative estimate of drug-likeness (QED) is 0.506. The van der Waals surface area contributed by atoms with Crippen molar-refractivity contribution in [1.29, 1.82) is 0 Å². The highest BCUT2D eigenvalue weighted by atomic mass is 19.3. The normalized spacial score (nSPS) is 13.3. The third-order valence-electron chi connectivity index (χ3n) is 2.83. The maximum atomic E-state index is 12.2. The van der Waals surface area contributed by atoms with Gasteiger partial charge in [0.05, 0.1) is 12.2 Å². The third-order valence-corrected chi connectivity index (χ3v) is 2.83. The number of nitrogens with one attached hydrogen (secondary N) is 2. The summed E-state index contributed by atoms with van der Waals surface area (Å²) in [6.07, 6.45) is -3.19. The number of aliphatic hydroxyl groups is 1. The van der Waals surface area contributed by atoms with Crippen LogP contribution in [-0.2, 0) is 0 Å². The molecule has 130 valence electrons. The average molecular weight is 329 g/mol. The summed E-state index contributed by atoms with van der Waals surface area (Å²) >= 11 is 0. The van der Waals surface area contributed by atoms with Crippen LogP contribution in [0.25, 0.3) is 0 Å². The Balaban J connectivity index is 2.56. The first-order chi connectivity index (χ1) is 10.9. The number of ether oxygens (including phenoxy) is 1. The predicted octanol–water partition coefficient (Wildman–Crippen LogP) is 2.33. The highest BCUT2D eigenvalue weighted by Crippen LogP contribution is 2.18. The van der Waals surface area contributed by atoms with E-state index in [2.05, 4.69) is 15.6 Å². The van der Waals surface area contributed by atoms with Crippen LogP contribution in [0.2, 0.25) is 0 Å². The van der Waals surface area contributed by atoms with Crippen LogP contribution in [0, 0.1) is 0 Å². The molecule has 1 aromatic rings. The molecule has 1 rings (SSSR count). The van der Waals surface area contributed by atoms with Gasteiger partial charge >= 0.3 is 0 Å². The van der Waals surface area contributed by atoms with Crippen LogP contribution < -0.4 is 15.4 Å². The van der Waals surface area contributed by atoms with Gasteiger partial charge in [0.2, 0.25) is 0 Å². The average Bonchev–Trinajstić information content (AvgIpc) is 2.49. The van der Waals surface area contributed by atoms with Crippen molar-refractivity contribution < 1.29 is 18.6 Å². The Hall–Kier alpha value is -1.89. The van der Waals surface area contributed by atoms with Crippen molar-refractivity contribution in [1.82, 2.24) is 10.6 Å². The fourth-order valence-electron chi connectivity index (χ4n) is 1.85. The molecule has 1 atom stereocenters. The summed E-state index contributed by atoms with van der Waals surface area (Å²) in [6.45, 7) is 5.85. The van der Waals surface area contributed by atoms with E-state index < -0.39 is 19.1 Å². The lowest BCUT2D eigenvalue weighted by atomic mass is 10.1. The molecule has 0 heterocycles. The topological polar surface area (TPSA) is 65.9 Å². The Kier molecular flexibility index (Phi) is 8.32. The zero-order valence-electron chi connectivity index (χ0n) is 13.7. The summed E-state index contributed by atoms with van der Waals surface area (Å²) < 4.78 is 29.9. The number of nitrogens with zero attached hydrogens (tertiary/aromatic N) is 1. The summed E-state index contributed by atoms with van der Waals surface area (Å²) in [7, 11) is 0. The second kappa shape index (κ2) is 9.99. The molecule has 0 aliphatic rings. The van der Waals surface area contributed by atoms with Gasteiger partial charge in [-0.15, -0.1) is 0 Å². The van der Waals surface area contributed by atoms with Crippen molar-refractivity contribution in [2.45, 2.75) is 39.4 Å². The molecule has 3 N–H and O–H groups in total. The van der Waals surface area contributed by atoms with Crippen LogP contribution in [0.15, 0.2) is 29.3 Å². The standard InChI is InChI=1S/C16H25F2N3O2/c1-4-19-16(21-10-15(17)18)20-9-14(22)12-5-7-13(8-6-12)23-11(2)3/h5-8,11,14-15,22H,4,9-10H2,1-3H3,(H2,19,20,21). The van der Waals surface area contributed by atoms with Gasteiger partial charge in [-0.2, -0.15) is 0 Å². The molecule has 0 radical (unpaired) electrons. The van der Waals surface area contributed by atoms with Gasteiger partial charge in [-0.1, -0.05) is 12.1 Å². The second-order valence-electron chi connectivity index (χ2n) is 5.24. The number of halogens is 2. The van der Waals surface area contributed by atoms with Crippen molar-refractivity contribution in [3.63, 3.8) is 0 Å². The van der Waals surface area contributed by atoms with Crippen molar-refractivity contribution in [3.8, 4) is 5.75 Å². The van der Waals surface area contributed by atoms with Crippen LogP contribution in [0.3, 0.4) is 0 Å². The fourth-order valence-corrected chi connectivity index (χ4v) is 1.85. The van der Waals surface area contributed by atoms with E-state index in [1.165, 1.54) is 0 Å². The maximum Gasteiger partial charge on any atom is 0.257 e. The number of aliphatic hydroxyl groups excluding tert-OH is 1. The second-order valence-corrected chi connectivity index (χ2v) is 5.24. The van der Waals surface area contributed by atoms with Crippen LogP contribution in [-0.4, -0.2) is 43.2 Å². The number of hydrogen-bond acceptors (Lipinski definition) is 3. The first-order valence-electron chi connectivity index (χ1n) is 7.67. The zero-order chi connectivity index (χ0) is 17.2. The number of guanidine groups is 1. The van der Waals surface area contributed by atoms with Crippen LogP contribution in [0.1, 0.15) is 32.4 Å². The van der Waals surface area contributed by atoms with E-state index >= 15 is 0 Å². The van der Waals surface area contributed by atoms with Crippen molar-refractivity contribution in [2.75, 3.05) is 19.6 Å². The molecule has 23 heavy (non-hydrogen) atoms. The van der Waals surface area contributed by atoms with E-state index in [0.717, 1.165) is 5.75 Å². The zero-order valence-corrected chi connectivity index (χ0v) is 13.7. The monoisotopic (exact) mass is 329 g/mol. The van der Waals surface area contributed by atoms with Gasteiger partial charge in [-0.05, 0) is 38.5 Å². The number of alkyl halides is 2. The van der Waals surface area contributed by atoms with Crippen LogP contribution in [0.5, 0.6) is 5.75 Å². The minimum absolute atomic E-state index is 0.0844. The molecule has 5 nitrogen and oxygen atoms in total. The molecule has 0 amide bonds. The molecular formula is C16H25F2N3O2. The summed E-state index contributed by atoms with van der Waals surface area (Å²) in [4.78, 5) is 3.74. The molecule has 0 aliphatic carbocycles. The number of rotatable bonds is 8. The van der Waals surface area contributed by atoms with E-state index in [1.807, 2.05) is 20.8 Å². The van der Waals surface area contributed by atoms with E-state index in [9.17, 15) is 13.9 Å². The lowest BCUT2D eigenvalue weighted by molar-refractivity contribution is 0.158. The van der Waals surface area contributed by atoms with Crippen molar-refractivity contribution in [2.24, 2.45) is 4.99 Å². The van der Waals surface area contributed by atoms with Crippen molar-refractivity contribution >= 4 is 5.96 Å². The van der Waals surface area contributed by atoms with Crippen LogP contribution in [0.4, 0.5) is 8.78 Å². The van der Waals surface area contributed by atoms with Gasteiger partial charge in [0.15, 0.2) is 5.96 Å². The Bertz CT molecular complexity index is 479. The van der Waals surface area contributed by atoms with Gasteiger partial charge in [-0.3, -0.25) is 0 Å². The highest BCUT2D eigenvalue weighted by Gasteiger charge is 2.10. The summed E-state index contributed by atoms with van der Waals surface area (Å²) in [5.74, 6) is 0.988. The fraction of sp³-hybridized carbons (Fsp3) is 0.562. The Morgan fingerprint density at radius 1 is 1.22 bits per heavy atom. The molecule has 0 saturated carbocycles. The number of hydrogen-bond donors (Lipinski definition) is 3. The van der Waals surface area contributed by atoms with E-state index in [0.29, 0.717) is 12.1 Å². The van der Waals surface area contributed by atoms with Gasteiger partial charge in [0.25, 0.3) is 6.43 Å². The lowest BCUT2D eigenvalue weighted by Crippen LogP contribution is -2.39. The molecule has 0 aromatic heterocycles. The molecule has 0 bridgehead atoms. The van der Waals surface area contributed by atoms with Gasteiger partial charge in [0, 0.05) is 13.1 Å². The Morgan fingerprint density at radius 3 is 2.39 bits per heavy atom. The lowest BCUT2D eigenvalue weighted by Gasteiger charge is -2.16. The third kappa shape index (κ3) is 7.78. The first-order valence-corrected chi connectivity index (χ1v) is 7.67. The summed E-state index contributed by atoms with van der Waals surface area (Å²) in [6, 6.07) is 7.11.